The van der Waals surface area contributed by atoms with Crippen molar-refractivity contribution in [3.05, 3.63) is 47.8 Å². The molecule has 0 aliphatic rings. The molecule has 0 spiro atoms. The molecule has 2 N–H and O–H groups in total. The zero-order chi connectivity index (χ0) is 20.3. The second-order valence-corrected chi connectivity index (χ2v) is 7.32. The first-order valence-electron chi connectivity index (χ1n) is 9.63. The number of amides is 1. The minimum Gasteiger partial charge on any atom is -0.326 e. The molecule has 1 aromatic heterocycles. The molecule has 0 atom stereocenters. The summed E-state index contributed by atoms with van der Waals surface area (Å²) in [6.07, 6.45) is 1.28. The normalized spacial score (nSPS) is 11.4. The number of hydrogen-bond donors (Lipinski definition) is 2. The van der Waals surface area contributed by atoms with Gasteiger partial charge in [-0.2, -0.15) is 0 Å². The Morgan fingerprint density at radius 2 is 2.00 bits per heavy atom. The summed E-state index contributed by atoms with van der Waals surface area (Å²) in [6.45, 7) is 6.90. The van der Waals surface area contributed by atoms with Crippen LogP contribution < -0.4 is 10.6 Å². The predicted octanol–water partition coefficient (Wildman–Crippen LogP) is 4.67. The van der Waals surface area contributed by atoms with E-state index in [4.69, 9.17) is 4.98 Å². The fraction of sp³-hybridized carbons (Fsp3) is 0.364. The predicted molar refractivity (Wildman–Crippen MR) is 112 cm³/mol. The van der Waals surface area contributed by atoms with Gasteiger partial charge in [-0.25, -0.2) is 9.37 Å². The highest BCUT2D eigenvalue weighted by atomic mass is 19.1. The largest absolute Gasteiger partial charge is 0.326 e. The third-order valence-electron chi connectivity index (χ3n) is 4.76. The SMILES string of the molecule is CNCCCC(=O)Nc1ccc(-c2nc3ccc(F)cc3n2C(C)C)cc1C. The van der Waals surface area contributed by atoms with Gasteiger partial charge in [0.2, 0.25) is 5.91 Å². The van der Waals surface area contributed by atoms with Gasteiger partial charge in [-0.3, -0.25) is 4.79 Å². The van der Waals surface area contributed by atoms with Crippen LogP contribution in [0.3, 0.4) is 0 Å². The van der Waals surface area contributed by atoms with Crippen molar-refractivity contribution in [3.63, 3.8) is 0 Å². The summed E-state index contributed by atoms with van der Waals surface area (Å²) in [5.41, 5.74) is 4.26. The van der Waals surface area contributed by atoms with Crippen molar-refractivity contribution in [1.82, 2.24) is 14.9 Å². The lowest BCUT2D eigenvalue weighted by atomic mass is 10.1. The maximum atomic E-state index is 13.8. The Morgan fingerprint density at radius 1 is 1.21 bits per heavy atom. The maximum Gasteiger partial charge on any atom is 0.224 e. The second kappa shape index (κ2) is 8.52. The summed E-state index contributed by atoms with van der Waals surface area (Å²) in [6, 6.07) is 10.7. The molecule has 0 aliphatic carbocycles. The lowest BCUT2D eigenvalue weighted by Gasteiger charge is -2.15. The Balaban J connectivity index is 1.92. The first-order chi connectivity index (χ1) is 13.4. The quantitative estimate of drug-likeness (QED) is 0.584. The van der Waals surface area contributed by atoms with Crippen LogP contribution in [-0.4, -0.2) is 29.1 Å². The van der Waals surface area contributed by atoms with Crippen LogP contribution in [0.5, 0.6) is 0 Å². The van der Waals surface area contributed by atoms with Crippen LogP contribution in [0, 0.1) is 12.7 Å². The van der Waals surface area contributed by atoms with E-state index in [1.54, 1.807) is 6.07 Å². The number of imidazole rings is 1. The smallest absolute Gasteiger partial charge is 0.224 e. The van der Waals surface area contributed by atoms with E-state index in [1.165, 1.54) is 12.1 Å². The standard InChI is InChI=1S/C22H27FN4O/c1-14(2)27-20-13-17(23)8-10-19(20)26-22(27)16-7-9-18(15(3)12-16)25-21(28)6-5-11-24-4/h7-10,12-14,24H,5-6,11H2,1-4H3,(H,25,28). The van der Waals surface area contributed by atoms with Crippen molar-refractivity contribution >= 4 is 22.6 Å². The molecule has 0 fully saturated rings. The number of fused-ring (bicyclic) bond motifs is 1. The van der Waals surface area contributed by atoms with Crippen molar-refractivity contribution in [3.8, 4) is 11.4 Å². The summed E-state index contributed by atoms with van der Waals surface area (Å²) in [5.74, 6) is 0.537. The van der Waals surface area contributed by atoms with E-state index >= 15 is 0 Å². The molecule has 0 unspecified atom stereocenters. The molecule has 148 valence electrons. The lowest BCUT2D eigenvalue weighted by molar-refractivity contribution is -0.116. The fourth-order valence-corrected chi connectivity index (χ4v) is 3.37. The molecular weight excluding hydrogens is 355 g/mol. The maximum absolute atomic E-state index is 13.8. The first-order valence-corrected chi connectivity index (χ1v) is 9.63. The van der Waals surface area contributed by atoms with Crippen LogP contribution in [0.1, 0.15) is 38.3 Å². The molecule has 0 saturated heterocycles. The van der Waals surface area contributed by atoms with Crippen molar-refractivity contribution in [2.24, 2.45) is 0 Å². The second-order valence-electron chi connectivity index (χ2n) is 7.32. The number of carbonyl (C=O) groups is 1. The van der Waals surface area contributed by atoms with Gasteiger partial charge in [0.1, 0.15) is 11.6 Å². The van der Waals surface area contributed by atoms with Gasteiger partial charge in [0.15, 0.2) is 0 Å². The fourth-order valence-electron chi connectivity index (χ4n) is 3.37. The molecule has 3 rings (SSSR count). The van der Waals surface area contributed by atoms with Gasteiger partial charge in [-0.05, 0) is 82.7 Å². The van der Waals surface area contributed by atoms with Crippen LogP contribution in [0.2, 0.25) is 0 Å². The molecule has 0 bridgehead atoms. The number of anilines is 1. The number of aryl methyl sites for hydroxylation is 1. The molecule has 1 heterocycles. The Labute approximate surface area is 165 Å². The van der Waals surface area contributed by atoms with E-state index in [0.717, 1.165) is 46.6 Å². The number of nitrogens with zero attached hydrogens (tertiary/aromatic N) is 2. The van der Waals surface area contributed by atoms with Crippen molar-refractivity contribution in [1.29, 1.82) is 0 Å². The molecule has 6 heteroatoms. The van der Waals surface area contributed by atoms with Crippen LogP contribution in [0.4, 0.5) is 10.1 Å². The molecule has 3 aromatic rings. The zero-order valence-corrected chi connectivity index (χ0v) is 16.8. The monoisotopic (exact) mass is 382 g/mol. The summed E-state index contributed by atoms with van der Waals surface area (Å²) >= 11 is 0. The highest BCUT2D eigenvalue weighted by Gasteiger charge is 2.16. The van der Waals surface area contributed by atoms with Gasteiger partial charge in [0.05, 0.1) is 11.0 Å². The van der Waals surface area contributed by atoms with E-state index in [1.807, 2.05) is 36.7 Å². The minimum atomic E-state index is -0.270. The highest BCUT2D eigenvalue weighted by molar-refractivity contribution is 5.92. The van der Waals surface area contributed by atoms with E-state index in [-0.39, 0.29) is 17.8 Å². The van der Waals surface area contributed by atoms with Crippen molar-refractivity contribution in [2.75, 3.05) is 18.9 Å². The van der Waals surface area contributed by atoms with Crippen LogP contribution in [0.15, 0.2) is 36.4 Å². The number of rotatable bonds is 7. The van der Waals surface area contributed by atoms with Gasteiger partial charge in [0, 0.05) is 23.7 Å². The van der Waals surface area contributed by atoms with Gasteiger partial charge >= 0.3 is 0 Å². The number of carbonyl (C=O) groups excluding carboxylic acids is 1. The molecule has 0 radical (unpaired) electrons. The van der Waals surface area contributed by atoms with Crippen molar-refractivity contribution in [2.45, 2.75) is 39.7 Å². The Kier molecular flexibility index (Phi) is 6.09. The number of nitrogens with one attached hydrogen (secondary N) is 2. The Bertz CT molecular complexity index is 994. The van der Waals surface area contributed by atoms with E-state index in [9.17, 15) is 9.18 Å². The summed E-state index contributed by atoms with van der Waals surface area (Å²) in [4.78, 5) is 16.8. The van der Waals surface area contributed by atoms with Crippen LogP contribution in [0.25, 0.3) is 22.4 Å². The van der Waals surface area contributed by atoms with Gasteiger partial charge < -0.3 is 15.2 Å². The number of halogens is 1. The van der Waals surface area contributed by atoms with E-state index in [0.29, 0.717) is 6.42 Å². The summed E-state index contributed by atoms with van der Waals surface area (Å²) in [5, 5.41) is 6.02. The topological polar surface area (TPSA) is 59.0 Å². The summed E-state index contributed by atoms with van der Waals surface area (Å²) in [7, 11) is 1.87. The molecule has 2 aromatic carbocycles. The number of hydrogen-bond acceptors (Lipinski definition) is 3. The molecule has 0 saturated carbocycles. The molecular formula is C22H27FN4O. The van der Waals surface area contributed by atoms with Crippen LogP contribution in [-0.2, 0) is 4.79 Å². The third kappa shape index (κ3) is 4.22. The van der Waals surface area contributed by atoms with Gasteiger partial charge in [-0.1, -0.05) is 0 Å². The molecule has 5 nitrogen and oxygen atoms in total. The zero-order valence-electron chi connectivity index (χ0n) is 16.8. The highest BCUT2D eigenvalue weighted by Crippen LogP contribution is 2.31. The van der Waals surface area contributed by atoms with Gasteiger partial charge in [-0.15, -0.1) is 0 Å². The first kappa shape index (κ1) is 20.0. The molecule has 0 aliphatic heterocycles. The van der Waals surface area contributed by atoms with Gasteiger partial charge in [0.25, 0.3) is 0 Å². The lowest BCUT2D eigenvalue weighted by Crippen LogP contribution is -2.15. The minimum absolute atomic E-state index is 0.0102. The van der Waals surface area contributed by atoms with E-state index < -0.39 is 0 Å². The number of aromatic nitrogens is 2. The Morgan fingerprint density at radius 3 is 2.68 bits per heavy atom. The average Bonchev–Trinajstić information content (AvgIpc) is 3.02. The van der Waals surface area contributed by atoms with Crippen molar-refractivity contribution < 1.29 is 9.18 Å². The Hall–Kier alpha value is -2.73. The molecule has 28 heavy (non-hydrogen) atoms. The third-order valence-corrected chi connectivity index (χ3v) is 4.76. The summed E-state index contributed by atoms with van der Waals surface area (Å²) < 4.78 is 15.8. The van der Waals surface area contributed by atoms with Crippen LogP contribution >= 0.6 is 0 Å². The number of benzene rings is 2. The molecule has 1 amide bonds. The average molecular weight is 382 g/mol. The van der Waals surface area contributed by atoms with E-state index in [2.05, 4.69) is 24.5 Å².